The molecule has 0 aliphatic carbocycles. The highest BCUT2D eigenvalue weighted by Crippen LogP contribution is 2.07. The van der Waals surface area contributed by atoms with E-state index < -0.39 is 0 Å². The van der Waals surface area contributed by atoms with Crippen LogP contribution in [0.4, 0.5) is 0 Å². The number of hydrogen-bond donors (Lipinski definition) is 2. The van der Waals surface area contributed by atoms with Gasteiger partial charge in [-0.3, -0.25) is 9.48 Å². The van der Waals surface area contributed by atoms with Gasteiger partial charge in [-0.2, -0.15) is 10.3 Å². The van der Waals surface area contributed by atoms with Crippen LogP contribution in [0.15, 0.2) is 12.3 Å². The third-order valence-electron chi connectivity index (χ3n) is 2.64. The van der Waals surface area contributed by atoms with Crippen LogP contribution in [0.3, 0.4) is 0 Å². The molecule has 1 amide bonds. The first-order valence-electron chi connectivity index (χ1n) is 6.22. The SMILES string of the molecule is CC(C)n1nccc1C(=O)NCCCc1nn[nH]n1. The van der Waals surface area contributed by atoms with E-state index in [1.54, 1.807) is 16.9 Å². The lowest BCUT2D eigenvalue weighted by Gasteiger charge is -2.10. The highest BCUT2D eigenvalue weighted by atomic mass is 16.2. The molecule has 0 aromatic carbocycles. The number of carbonyl (C=O) groups excluding carboxylic acids is 1. The van der Waals surface area contributed by atoms with E-state index in [-0.39, 0.29) is 11.9 Å². The van der Waals surface area contributed by atoms with Crippen molar-refractivity contribution in [1.82, 2.24) is 35.7 Å². The summed E-state index contributed by atoms with van der Waals surface area (Å²) in [5, 5.41) is 20.5. The van der Waals surface area contributed by atoms with Crippen LogP contribution in [-0.2, 0) is 6.42 Å². The summed E-state index contributed by atoms with van der Waals surface area (Å²) >= 11 is 0. The molecule has 2 heterocycles. The molecule has 0 radical (unpaired) electrons. The monoisotopic (exact) mass is 263 g/mol. The van der Waals surface area contributed by atoms with Crippen molar-refractivity contribution >= 4 is 5.91 Å². The summed E-state index contributed by atoms with van der Waals surface area (Å²) in [7, 11) is 0. The molecule has 0 aliphatic rings. The number of tetrazole rings is 1. The van der Waals surface area contributed by atoms with Gasteiger partial charge in [0.15, 0.2) is 5.82 Å². The van der Waals surface area contributed by atoms with Gasteiger partial charge in [0.1, 0.15) is 5.69 Å². The summed E-state index contributed by atoms with van der Waals surface area (Å²) < 4.78 is 1.70. The van der Waals surface area contributed by atoms with E-state index in [9.17, 15) is 4.79 Å². The number of amides is 1. The molecule has 0 fully saturated rings. The maximum Gasteiger partial charge on any atom is 0.269 e. The van der Waals surface area contributed by atoms with E-state index in [1.807, 2.05) is 13.8 Å². The standard InChI is InChI=1S/C11H17N7O/c1-8(2)18-9(5-7-13-18)11(19)12-6-3-4-10-14-16-17-15-10/h5,7-8H,3-4,6H2,1-2H3,(H,12,19)(H,14,15,16,17). The first kappa shape index (κ1) is 13.2. The van der Waals surface area contributed by atoms with Gasteiger partial charge in [0.2, 0.25) is 0 Å². The van der Waals surface area contributed by atoms with Crippen LogP contribution in [0, 0.1) is 0 Å². The fourth-order valence-electron chi connectivity index (χ4n) is 1.73. The Morgan fingerprint density at radius 3 is 3.05 bits per heavy atom. The lowest BCUT2D eigenvalue weighted by Crippen LogP contribution is -2.28. The van der Waals surface area contributed by atoms with Gasteiger partial charge in [0.25, 0.3) is 5.91 Å². The molecule has 2 N–H and O–H groups in total. The number of aromatic amines is 1. The van der Waals surface area contributed by atoms with Crippen LogP contribution in [0.5, 0.6) is 0 Å². The average Bonchev–Trinajstić information content (AvgIpc) is 3.04. The van der Waals surface area contributed by atoms with Crippen molar-refractivity contribution in [3.05, 3.63) is 23.8 Å². The molecule has 19 heavy (non-hydrogen) atoms. The zero-order valence-corrected chi connectivity index (χ0v) is 11.0. The van der Waals surface area contributed by atoms with Crippen molar-refractivity contribution in [1.29, 1.82) is 0 Å². The summed E-state index contributed by atoms with van der Waals surface area (Å²) in [6, 6.07) is 1.88. The van der Waals surface area contributed by atoms with Crippen molar-refractivity contribution in [2.45, 2.75) is 32.7 Å². The van der Waals surface area contributed by atoms with Crippen LogP contribution in [-0.4, -0.2) is 42.9 Å². The van der Waals surface area contributed by atoms with Crippen LogP contribution < -0.4 is 5.32 Å². The number of rotatable bonds is 6. The molecule has 0 bridgehead atoms. The summed E-state index contributed by atoms with van der Waals surface area (Å²) in [4.78, 5) is 12.0. The van der Waals surface area contributed by atoms with Crippen molar-refractivity contribution in [2.75, 3.05) is 6.54 Å². The van der Waals surface area contributed by atoms with Gasteiger partial charge in [-0.25, -0.2) is 0 Å². The van der Waals surface area contributed by atoms with Gasteiger partial charge >= 0.3 is 0 Å². The first-order chi connectivity index (χ1) is 9.18. The Bertz CT molecular complexity index is 517. The number of carbonyl (C=O) groups is 1. The van der Waals surface area contributed by atoms with E-state index in [2.05, 4.69) is 31.0 Å². The number of H-pyrrole nitrogens is 1. The highest BCUT2D eigenvalue weighted by Gasteiger charge is 2.13. The van der Waals surface area contributed by atoms with Crippen LogP contribution >= 0.6 is 0 Å². The zero-order chi connectivity index (χ0) is 13.7. The fraction of sp³-hybridized carbons (Fsp3) is 0.545. The third-order valence-corrected chi connectivity index (χ3v) is 2.64. The van der Waals surface area contributed by atoms with E-state index in [0.29, 0.717) is 24.5 Å². The number of aromatic nitrogens is 6. The quantitative estimate of drug-likeness (QED) is 0.732. The second-order valence-electron chi connectivity index (χ2n) is 4.44. The van der Waals surface area contributed by atoms with Gasteiger partial charge < -0.3 is 5.32 Å². The number of hydrogen-bond acceptors (Lipinski definition) is 5. The minimum absolute atomic E-state index is 0.112. The second kappa shape index (κ2) is 6.07. The highest BCUT2D eigenvalue weighted by molar-refractivity contribution is 5.92. The Morgan fingerprint density at radius 1 is 1.53 bits per heavy atom. The first-order valence-corrected chi connectivity index (χ1v) is 6.22. The molecule has 0 saturated heterocycles. The van der Waals surface area contributed by atoms with Crippen LogP contribution in [0.1, 0.15) is 42.6 Å². The number of nitrogens with one attached hydrogen (secondary N) is 2. The van der Waals surface area contributed by atoms with Gasteiger partial charge in [0, 0.05) is 25.2 Å². The minimum Gasteiger partial charge on any atom is -0.351 e. The van der Waals surface area contributed by atoms with E-state index >= 15 is 0 Å². The number of nitrogens with zero attached hydrogens (tertiary/aromatic N) is 5. The Morgan fingerprint density at radius 2 is 2.37 bits per heavy atom. The molecule has 0 spiro atoms. The summed E-state index contributed by atoms with van der Waals surface area (Å²) in [6.07, 6.45) is 3.08. The zero-order valence-electron chi connectivity index (χ0n) is 11.0. The summed E-state index contributed by atoms with van der Waals surface area (Å²) in [5.41, 5.74) is 0.578. The predicted octanol–water partition coefficient (Wildman–Crippen LogP) is 0.340. The molecule has 0 saturated carbocycles. The summed E-state index contributed by atoms with van der Waals surface area (Å²) in [6.45, 7) is 4.54. The molecule has 8 nitrogen and oxygen atoms in total. The number of aryl methyl sites for hydroxylation is 1. The molecule has 0 atom stereocenters. The second-order valence-corrected chi connectivity index (χ2v) is 4.44. The fourth-order valence-corrected chi connectivity index (χ4v) is 1.73. The minimum atomic E-state index is -0.112. The smallest absolute Gasteiger partial charge is 0.269 e. The average molecular weight is 263 g/mol. The molecule has 2 rings (SSSR count). The summed E-state index contributed by atoms with van der Waals surface area (Å²) in [5.74, 6) is 0.542. The van der Waals surface area contributed by atoms with Crippen molar-refractivity contribution in [2.24, 2.45) is 0 Å². The Balaban J connectivity index is 1.79. The molecule has 2 aromatic rings. The molecular weight excluding hydrogens is 246 g/mol. The molecule has 102 valence electrons. The van der Waals surface area contributed by atoms with Crippen LogP contribution in [0.2, 0.25) is 0 Å². The topological polar surface area (TPSA) is 101 Å². The molecule has 0 aliphatic heterocycles. The van der Waals surface area contributed by atoms with Crippen molar-refractivity contribution in [3.63, 3.8) is 0 Å². The Labute approximate surface area is 110 Å². The maximum atomic E-state index is 12.0. The molecule has 8 heteroatoms. The van der Waals surface area contributed by atoms with Gasteiger partial charge in [0.05, 0.1) is 0 Å². The normalized spacial score (nSPS) is 10.9. The Kier molecular flexibility index (Phi) is 4.22. The van der Waals surface area contributed by atoms with Crippen molar-refractivity contribution in [3.8, 4) is 0 Å². The third kappa shape index (κ3) is 3.36. The van der Waals surface area contributed by atoms with Gasteiger partial charge in [-0.15, -0.1) is 10.2 Å². The van der Waals surface area contributed by atoms with E-state index in [4.69, 9.17) is 0 Å². The lowest BCUT2D eigenvalue weighted by molar-refractivity contribution is 0.0940. The van der Waals surface area contributed by atoms with E-state index in [0.717, 1.165) is 6.42 Å². The Hall–Kier alpha value is -2.25. The largest absolute Gasteiger partial charge is 0.351 e. The molecule has 0 unspecified atom stereocenters. The predicted molar refractivity (Wildman–Crippen MR) is 67.4 cm³/mol. The van der Waals surface area contributed by atoms with E-state index in [1.165, 1.54) is 0 Å². The lowest BCUT2D eigenvalue weighted by atomic mass is 10.3. The van der Waals surface area contributed by atoms with Gasteiger partial charge in [-0.1, -0.05) is 5.21 Å². The van der Waals surface area contributed by atoms with Gasteiger partial charge in [-0.05, 0) is 26.3 Å². The van der Waals surface area contributed by atoms with Crippen molar-refractivity contribution < 1.29 is 4.79 Å². The maximum absolute atomic E-state index is 12.0. The molecular formula is C11H17N7O. The molecule has 2 aromatic heterocycles. The van der Waals surface area contributed by atoms with Crippen LogP contribution in [0.25, 0.3) is 0 Å².